The van der Waals surface area contributed by atoms with Crippen LogP contribution in [-0.2, 0) is 6.42 Å². The molecule has 2 heteroatoms. The Balaban J connectivity index is 0.000000750. The summed E-state index contributed by atoms with van der Waals surface area (Å²) in [7, 11) is 0. The van der Waals surface area contributed by atoms with E-state index in [1.807, 2.05) is 0 Å². The highest BCUT2D eigenvalue weighted by molar-refractivity contribution is 5.91. The van der Waals surface area contributed by atoms with Crippen LogP contribution < -0.4 is 4.99 Å². The third kappa shape index (κ3) is 1.12. The number of nitrogens with one attached hydrogen (secondary N) is 1. The van der Waals surface area contributed by atoms with E-state index in [-0.39, 0.29) is 5.48 Å². The molecule has 0 bridgehead atoms. The smallest absolute Gasteiger partial charge is 0.207 e. The van der Waals surface area contributed by atoms with Crippen LogP contribution in [0.3, 0.4) is 0 Å². The maximum Gasteiger partial charge on any atom is 0.207 e. The molecule has 0 radical (unpaired) electrons. The number of rotatable bonds is 0. The highest BCUT2D eigenvalue weighted by atomic mass is 16.0. The van der Waals surface area contributed by atoms with Gasteiger partial charge in [-0.3, -0.25) is 0 Å². The van der Waals surface area contributed by atoms with E-state index in [4.69, 9.17) is 0 Å². The van der Waals surface area contributed by atoms with Gasteiger partial charge in [0, 0.05) is 11.6 Å². The van der Waals surface area contributed by atoms with Crippen LogP contribution in [0.4, 0.5) is 5.69 Å². The lowest BCUT2D eigenvalue weighted by Crippen LogP contribution is -2.58. The predicted octanol–water partition coefficient (Wildman–Crippen LogP) is 1.00. The number of hydrogen-bond donors (Lipinski definition) is 1. The molecule has 0 unspecified atom stereocenters. The second kappa shape index (κ2) is 3.24. The summed E-state index contributed by atoms with van der Waals surface area (Å²) < 4.78 is 0. The zero-order chi connectivity index (χ0) is 8.67. The van der Waals surface area contributed by atoms with Crippen LogP contribution in [0.15, 0.2) is 36.4 Å². The summed E-state index contributed by atoms with van der Waals surface area (Å²) in [5, 5.41) is 2.71. The molecule has 2 aromatic carbocycles. The van der Waals surface area contributed by atoms with Crippen LogP contribution in [0.1, 0.15) is 5.56 Å². The lowest BCUT2D eigenvalue weighted by molar-refractivity contribution is -0.343. The monoisotopic (exact) mass is 185 g/mol. The molecule has 0 fully saturated rings. The van der Waals surface area contributed by atoms with Crippen LogP contribution in [-0.4, -0.2) is 11.7 Å². The SMILES string of the molecule is C1=[NH+]c2ccc3ccccc3c2C1.[OH-]. The van der Waals surface area contributed by atoms with Gasteiger partial charge in [-0.2, -0.15) is 0 Å². The van der Waals surface area contributed by atoms with Gasteiger partial charge in [0.1, 0.15) is 6.21 Å². The van der Waals surface area contributed by atoms with Gasteiger partial charge in [0.15, 0.2) is 0 Å². The Kier molecular flexibility index (Phi) is 2.06. The topological polar surface area (TPSA) is 44.0 Å². The molecule has 2 aromatic rings. The first-order valence-electron chi connectivity index (χ1n) is 4.54. The van der Waals surface area contributed by atoms with E-state index in [0.29, 0.717) is 0 Å². The van der Waals surface area contributed by atoms with E-state index in [2.05, 4.69) is 47.6 Å². The molecule has 0 aromatic heterocycles. The maximum absolute atomic E-state index is 3.27. The molecule has 2 N–H and O–H groups in total. The molecule has 0 aliphatic carbocycles. The Morgan fingerprint density at radius 3 is 2.79 bits per heavy atom. The number of hydrogen-bond acceptors (Lipinski definition) is 1. The van der Waals surface area contributed by atoms with Crippen LogP contribution >= 0.6 is 0 Å². The van der Waals surface area contributed by atoms with Crippen molar-refractivity contribution in [1.82, 2.24) is 0 Å². The lowest BCUT2D eigenvalue weighted by atomic mass is 10.0. The normalized spacial score (nSPS) is 12.6. The molecule has 0 saturated carbocycles. The fourth-order valence-electron chi connectivity index (χ4n) is 1.95. The van der Waals surface area contributed by atoms with Crippen LogP contribution in [0.25, 0.3) is 10.8 Å². The van der Waals surface area contributed by atoms with Crippen LogP contribution in [0, 0.1) is 0 Å². The highest BCUT2D eigenvalue weighted by Gasteiger charge is 2.14. The summed E-state index contributed by atoms with van der Waals surface area (Å²) in [6.07, 6.45) is 3.15. The minimum absolute atomic E-state index is 0. The Labute approximate surface area is 82.2 Å². The number of benzene rings is 2. The lowest BCUT2D eigenvalue weighted by Gasteiger charge is -1.99. The van der Waals surface area contributed by atoms with E-state index < -0.39 is 0 Å². The molecular formula is C12H11NO. The van der Waals surface area contributed by atoms with Gasteiger partial charge >= 0.3 is 0 Å². The molecule has 14 heavy (non-hydrogen) atoms. The van der Waals surface area contributed by atoms with Gasteiger partial charge in [-0.1, -0.05) is 24.3 Å². The van der Waals surface area contributed by atoms with Crippen molar-refractivity contribution in [2.24, 2.45) is 0 Å². The Morgan fingerprint density at radius 2 is 1.86 bits per heavy atom. The summed E-state index contributed by atoms with van der Waals surface area (Å²) in [6.45, 7) is 0. The second-order valence-corrected chi connectivity index (χ2v) is 3.37. The minimum atomic E-state index is 0. The first kappa shape index (κ1) is 8.91. The summed E-state index contributed by atoms with van der Waals surface area (Å²) in [5.74, 6) is 0. The predicted molar refractivity (Wildman–Crippen MR) is 56.3 cm³/mol. The van der Waals surface area contributed by atoms with Crippen LogP contribution in [0.5, 0.6) is 0 Å². The molecule has 1 aliphatic rings. The van der Waals surface area contributed by atoms with Crippen molar-refractivity contribution < 1.29 is 10.5 Å². The molecular weight excluding hydrogens is 174 g/mol. The zero-order valence-electron chi connectivity index (χ0n) is 7.70. The molecule has 70 valence electrons. The Morgan fingerprint density at radius 1 is 1.00 bits per heavy atom. The third-order valence-corrected chi connectivity index (χ3v) is 2.60. The molecule has 0 atom stereocenters. The summed E-state index contributed by atoms with van der Waals surface area (Å²) >= 11 is 0. The first-order chi connectivity index (χ1) is 6.45. The standard InChI is InChI=1S/C12H9N.H2O/c1-2-4-10-9(3-1)5-6-12-11(10)7-8-13-12;/h1-6,8H,7H2;1H2. The molecule has 0 spiro atoms. The van der Waals surface area contributed by atoms with Gasteiger partial charge in [-0.15, -0.1) is 0 Å². The van der Waals surface area contributed by atoms with Crippen molar-refractivity contribution >= 4 is 22.7 Å². The highest BCUT2D eigenvalue weighted by Crippen LogP contribution is 2.24. The second-order valence-electron chi connectivity index (χ2n) is 3.37. The van der Waals surface area contributed by atoms with Gasteiger partial charge in [0.2, 0.25) is 5.69 Å². The van der Waals surface area contributed by atoms with E-state index in [1.54, 1.807) is 0 Å². The molecule has 1 aliphatic heterocycles. The molecule has 0 saturated heterocycles. The fourth-order valence-corrected chi connectivity index (χ4v) is 1.95. The van der Waals surface area contributed by atoms with Crippen molar-refractivity contribution in [2.45, 2.75) is 6.42 Å². The zero-order valence-corrected chi connectivity index (χ0v) is 7.70. The van der Waals surface area contributed by atoms with Gasteiger partial charge < -0.3 is 5.48 Å². The van der Waals surface area contributed by atoms with Crippen molar-refractivity contribution in [2.75, 3.05) is 0 Å². The summed E-state index contributed by atoms with van der Waals surface area (Å²) in [5.41, 5.74) is 2.69. The van der Waals surface area contributed by atoms with Gasteiger partial charge in [0.25, 0.3) is 0 Å². The molecule has 0 amide bonds. The largest absolute Gasteiger partial charge is 0.870 e. The molecule has 1 heterocycles. The Bertz CT molecular complexity index is 503. The molecule has 2 nitrogen and oxygen atoms in total. The van der Waals surface area contributed by atoms with Crippen molar-refractivity contribution in [3.63, 3.8) is 0 Å². The van der Waals surface area contributed by atoms with Gasteiger partial charge in [-0.05, 0) is 16.8 Å². The van der Waals surface area contributed by atoms with Crippen molar-refractivity contribution in [3.8, 4) is 0 Å². The number of fused-ring (bicyclic) bond motifs is 3. The van der Waals surface area contributed by atoms with Gasteiger partial charge in [-0.25, -0.2) is 4.99 Å². The quantitative estimate of drug-likeness (QED) is 0.653. The average Bonchev–Trinajstić information content (AvgIpc) is 2.65. The minimum Gasteiger partial charge on any atom is -0.870 e. The van der Waals surface area contributed by atoms with Crippen molar-refractivity contribution in [3.05, 3.63) is 42.0 Å². The van der Waals surface area contributed by atoms with Gasteiger partial charge in [0.05, 0.1) is 6.42 Å². The van der Waals surface area contributed by atoms with Crippen LogP contribution in [0.2, 0.25) is 0 Å². The first-order valence-corrected chi connectivity index (χ1v) is 4.54. The fraction of sp³-hybridized carbons (Fsp3) is 0.0833. The third-order valence-electron chi connectivity index (χ3n) is 2.60. The summed E-state index contributed by atoms with van der Waals surface area (Å²) in [6, 6.07) is 12.9. The van der Waals surface area contributed by atoms with E-state index in [0.717, 1.165) is 6.42 Å². The van der Waals surface area contributed by atoms with E-state index >= 15 is 0 Å². The van der Waals surface area contributed by atoms with Crippen molar-refractivity contribution in [1.29, 1.82) is 0 Å². The average molecular weight is 185 g/mol. The maximum atomic E-state index is 3.27. The van der Waals surface area contributed by atoms with E-state index in [9.17, 15) is 0 Å². The van der Waals surface area contributed by atoms with E-state index in [1.165, 1.54) is 22.0 Å². The Hall–Kier alpha value is -1.67. The summed E-state index contributed by atoms with van der Waals surface area (Å²) in [4.78, 5) is 3.27. The molecule has 3 rings (SSSR count).